The number of rotatable bonds is 5. The minimum Gasteiger partial charge on any atom is -0.406 e. The molecule has 1 aromatic carbocycles. The van der Waals surface area contributed by atoms with E-state index >= 15 is 0 Å². The van der Waals surface area contributed by atoms with Crippen molar-refractivity contribution in [2.75, 3.05) is 6.61 Å². The van der Waals surface area contributed by atoms with Crippen LogP contribution in [0.5, 0.6) is 5.75 Å². The van der Waals surface area contributed by atoms with E-state index in [9.17, 15) is 13.2 Å². The molecule has 1 atom stereocenters. The van der Waals surface area contributed by atoms with Crippen molar-refractivity contribution in [1.82, 2.24) is 0 Å². The lowest BCUT2D eigenvalue weighted by atomic mass is 9.96. The molecule has 0 heterocycles. The normalized spacial score (nSPS) is 13.5. The second-order valence-corrected chi connectivity index (χ2v) is 3.88. The highest BCUT2D eigenvalue weighted by molar-refractivity contribution is 5.29. The van der Waals surface area contributed by atoms with E-state index in [2.05, 4.69) is 4.74 Å². The summed E-state index contributed by atoms with van der Waals surface area (Å²) >= 11 is 0. The highest BCUT2D eigenvalue weighted by Crippen LogP contribution is 2.26. The number of benzene rings is 1. The zero-order valence-electron chi connectivity index (χ0n) is 9.50. The fourth-order valence-corrected chi connectivity index (χ4v) is 1.56. The molecule has 96 valence electrons. The zero-order chi connectivity index (χ0) is 12.9. The average molecular weight is 248 g/mol. The molecule has 5 heteroatoms. The van der Waals surface area contributed by atoms with Gasteiger partial charge in [-0.1, -0.05) is 19.1 Å². The van der Waals surface area contributed by atoms with Gasteiger partial charge in [-0.25, -0.2) is 0 Å². The Kier molecular flexibility index (Phi) is 4.81. The summed E-state index contributed by atoms with van der Waals surface area (Å²) in [6.45, 7) is 2.09. The van der Waals surface area contributed by atoms with Crippen LogP contribution in [0.4, 0.5) is 13.2 Å². The molecule has 17 heavy (non-hydrogen) atoms. The molecule has 1 rings (SSSR count). The Hall–Kier alpha value is -1.23. The van der Waals surface area contributed by atoms with Gasteiger partial charge in [0, 0.05) is 6.61 Å². The van der Waals surface area contributed by atoms with Crippen molar-refractivity contribution in [3.05, 3.63) is 29.8 Å². The lowest BCUT2D eigenvalue weighted by Gasteiger charge is -2.13. The second-order valence-electron chi connectivity index (χ2n) is 3.88. The van der Waals surface area contributed by atoms with E-state index in [0.29, 0.717) is 6.42 Å². The maximum absolute atomic E-state index is 11.9. The van der Waals surface area contributed by atoms with E-state index in [1.54, 1.807) is 12.1 Å². The summed E-state index contributed by atoms with van der Waals surface area (Å²) < 4.78 is 39.5. The third kappa shape index (κ3) is 5.08. The van der Waals surface area contributed by atoms with Crippen LogP contribution < -0.4 is 4.74 Å². The van der Waals surface area contributed by atoms with Gasteiger partial charge in [0.2, 0.25) is 0 Å². The molecule has 0 aliphatic heterocycles. The zero-order valence-corrected chi connectivity index (χ0v) is 9.50. The number of halogens is 3. The Balaban J connectivity index is 2.61. The van der Waals surface area contributed by atoms with Crippen molar-refractivity contribution in [2.45, 2.75) is 32.0 Å². The summed E-state index contributed by atoms with van der Waals surface area (Å²) in [5.41, 5.74) is 0.938. The topological polar surface area (TPSA) is 29.5 Å². The molecular weight excluding hydrogens is 233 g/mol. The van der Waals surface area contributed by atoms with Gasteiger partial charge in [-0.15, -0.1) is 13.2 Å². The summed E-state index contributed by atoms with van der Waals surface area (Å²) in [6, 6.07) is 5.84. The van der Waals surface area contributed by atoms with E-state index in [1.807, 2.05) is 6.92 Å². The molecule has 0 saturated carbocycles. The second kappa shape index (κ2) is 5.91. The molecule has 0 aliphatic rings. The van der Waals surface area contributed by atoms with Crippen molar-refractivity contribution in [2.24, 2.45) is 0 Å². The summed E-state index contributed by atoms with van der Waals surface area (Å²) in [6.07, 6.45) is -3.16. The van der Waals surface area contributed by atoms with Crippen LogP contribution in [-0.4, -0.2) is 18.1 Å². The van der Waals surface area contributed by atoms with E-state index in [4.69, 9.17) is 5.11 Å². The standard InChI is InChI=1S/C12H15F3O2/c1-9(3-2-8-16)10-4-6-11(7-5-10)17-12(13,14)15/h4-7,9,16H,2-3,8H2,1H3. The monoisotopic (exact) mass is 248 g/mol. The van der Waals surface area contributed by atoms with E-state index in [0.717, 1.165) is 12.0 Å². The van der Waals surface area contributed by atoms with E-state index < -0.39 is 6.36 Å². The van der Waals surface area contributed by atoms with Gasteiger partial charge in [-0.2, -0.15) is 0 Å². The van der Waals surface area contributed by atoms with Gasteiger partial charge in [0.15, 0.2) is 0 Å². The largest absolute Gasteiger partial charge is 0.573 e. The molecule has 0 aliphatic carbocycles. The fraction of sp³-hybridized carbons (Fsp3) is 0.500. The van der Waals surface area contributed by atoms with E-state index in [1.165, 1.54) is 12.1 Å². The van der Waals surface area contributed by atoms with Crippen LogP contribution in [0.2, 0.25) is 0 Å². The molecular formula is C12H15F3O2. The molecule has 0 saturated heterocycles. The van der Waals surface area contributed by atoms with Gasteiger partial charge in [0.1, 0.15) is 5.75 Å². The van der Waals surface area contributed by atoms with Crippen LogP contribution in [0.25, 0.3) is 0 Å². The number of hydrogen-bond donors (Lipinski definition) is 1. The number of alkyl halides is 3. The summed E-state index contributed by atoms with van der Waals surface area (Å²) in [7, 11) is 0. The first-order valence-electron chi connectivity index (χ1n) is 5.39. The average Bonchev–Trinajstić information content (AvgIpc) is 2.24. The molecule has 0 spiro atoms. The van der Waals surface area contributed by atoms with Crippen molar-refractivity contribution in [3.8, 4) is 5.75 Å². The SMILES string of the molecule is CC(CCCO)c1ccc(OC(F)(F)F)cc1. The Morgan fingerprint density at radius 3 is 2.29 bits per heavy atom. The lowest BCUT2D eigenvalue weighted by Crippen LogP contribution is -2.17. The fourth-order valence-electron chi connectivity index (χ4n) is 1.56. The number of ether oxygens (including phenoxy) is 1. The Morgan fingerprint density at radius 2 is 1.82 bits per heavy atom. The minimum atomic E-state index is -4.65. The molecule has 2 nitrogen and oxygen atoms in total. The number of hydrogen-bond acceptors (Lipinski definition) is 2. The number of aliphatic hydroxyl groups excluding tert-OH is 1. The quantitative estimate of drug-likeness (QED) is 0.864. The first-order valence-corrected chi connectivity index (χ1v) is 5.39. The summed E-state index contributed by atoms with van der Waals surface area (Å²) in [5, 5.41) is 8.69. The molecule has 1 aromatic rings. The third-order valence-corrected chi connectivity index (χ3v) is 2.48. The molecule has 0 bridgehead atoms. The molecule has 0 amide bonds. The highest BCUT2D eigenvalue weighted by Gasteiger charge is 2.30. The summed E-state index contributed by atoms with van der Waals surface area (Å²) in [5.74, 6) is -0.00213. The minimum absolute atomic E-state index is 0.125. The molecule has 1 unspecified atom stereocenters. The molecule has 0 fully saturated rings. The maximum atomic E-state index is 11.9. The Morgan fingerprint density at radius 1 is 1.24 bits per heavy atom. The first-order chi connectivity index (χ1) is 7.92. The van der Waals surface area contributed by atoms with Crippen molar-refractivity contribution >= 4 is 0 Å². The van der Waals surface area contributed by atoms with Gasteiger partial charge in [0.25, 0.3) is 0 Å². The Labute approximate surface area is 98.0 Å². The molecule has 0 aromatic heterocycles. The van der Waals surface area contributed by atoms with Crippen LogP contribution >= 0.6 is 0 Å². The van der Waals surface area contributed by atoms with Gasteiger partial charge in [0.05, 0.1) is 0 Å². The van der Waals surface area contributed by atoms with Gasteiger partial charge < -0.3 is 9.84 Å². The number of aliphatic hydroxyl groups is 1. The van der Waals surface area contributed by atoms with Crippen LogP contribution in [0, 0.1) is 0 Å². The predicted octanol–water partition coefficient (Wildman–Crippen LogP) is 3.46. The van der Waals surface area contributed by atoms with Crippen LogP contribution in [0.15, 0.2) is 24.3 Å². The van der Waals surface area contributed by atoms with Gasteiger partial charge in [-0.05, 0) is 36.5 Å². The summed E-state index contributed by atoms with van der Waals surface area (Å²) in [4.78, 5) is 0. The van der Waals surface area contributed by atoms with Crippen LogP contribution in [0.3, 0.4) is 0 Å². The molecule has 0 radical (unpaired) electrons. The molecule has 1 N–H and O–H groups in total. The van der Waals surface area contributed by atoms with Gasteiger partial charge >= 0.3 is 6.36 Å². The smallest absolute Gasteiger partial charge is 0.406 e. The lowest BCUT2D eigenvalue weighted by molar-refractivity contribution is -0.274. The van der Waals surface area contributed by atoms with Crippen molar-refractivity contribution in [3.63, 3.8) is 0 Å². The third-order valence-electron chi connectivity index (χ3n) is 2.48. The maximum Gasteiger partial charge on any atom is 0.573 e. The Bertz CT molecular complexity index is 333. The highest BCUT2D eigenvalue weighted by atomic mass is 19.4. The predicted molar refractivity (Wildman–Crippen MR) is 57.9 cm³/mol. The first kappa shape index (κ1) is 13.8. The van der Waals surface area contributed by atoms with Crippen molar-refractivity contribution < 1.29 is 23.0 Å². The van der Waals surface area contributed by atoms with Crippen molar-refractivity contribution in [1.29, 1.82) is 0 Å². The van der Waals surface area contributed by atoms with Crippen LogP contribution in [-0.2, 0) is 0 Å². The van der Waals surface area contributed by atoms with Gasteiger partial charge in [-0.3, -0.25) is 0 Å². The van der Waals surface area contributed by atoms with Crippen LogP contribution in [0.1, 0.15) is 31.2 Å². The van der Waals surface area contributed by atoms with E-state index in [-0.39, 0.29) is 18.3 Å².